The number of hydrogen-bond donors (Lipinski definition) is 1. The van der Waals surface area contributed by atoms with Crippen molar-refractivity contribution in [1.29, 1.82) is 0 Å². The third-order valence-electron chi connectivity index (χ3n) is 3.09. The van der Waals surface area contributed by atoms with Crippen LogP contribution in [0.3, 0.4) is 0 Å². The van der Waals surface area contributed by atoms with Gasteiger partial charge >= 0.3 is 0 Å². The predicted molar refractivity (Wildman–Crippen MR) is 79.4 cm³/mol. The molecule has 0 saturated heterocycles. The lowest BCUT2D eigenvalue weighted by Gasteiger charge is -2.19. The van der Waals surface area contributed by atoms with E-state index >= 15 is 0 Å². The molecule has 0 aliphatic carbocycles. The van der Waals surface area contributed by atoms with E-state index in [0.29, 0.717) is 6.04 Å². The third kappa shape index (κ3) is 4.81. The van der Waals surface area contributed by atoms with Gasteiger partial charge < -0.3 is 5.32 Å². The largest absolute Gasteiger partial charge is 0.310 e. The molecule has 1 rings (SSSR count). The molecule has 17 heavy (non-hydrogen) atoms. The molecule has 0 saturated carbocycles. The van der Waals surface area contributed by atoms with Crippen LogP contribution >= 0.6 is 15.9 Å². The minimum Gasteiger partial charge on any atom is -0.310 e. The Hall–Kier alpha value is -0.340. The molecular weight excluding hydrogens is 274 g/mol. The van der Waals surface area contributed by atoms with Crippen LogP contribution in [-0.2, 0) is 0 Å². The summed E-state index contributed by atoms with van der Waals surface area (Å²) >= 11 is 3.62. The normalized spacial score (nSPS) is 12.7. The molecular formula is C15H24BrN. The quantitative estimate of drug-likeness (QED) is 0.748. The molecule has 1 N–H and O–H groups in total. The van der Waals surface area contributed by atoms with Gasteiger partial charge in [-0.3, -0.25) is 0 Å². The molecule has 1 unspecified atom stereocenters. The Kier molecular flexibility index (Phi) is 6.83. The fourth-order valence-electron chi connectivity index (χ4n) is 1.94. The summed E-state index contributed by atoms with van der Waals surface area (Å²) in [5.41, 5.74) is 2.71. The average Bonchev–Trinajstić information content (AvgIpc) is 2.33. The Bertz CT molecular complexity index is 328. The molecule has 1 aromatic carbocycles. The van der Waals surface area contributed by atoms with Gasteiger partial charge in [-0.15, -0.1) is 0 Å². The summed E-state index contributed by atoms with van der Waals surface area (Å²) in [7, 11) is 0. The van der Waals surface area contributed by atoms with Gasteiger partial charge in [0.2, 0.25) is 0 Å². The van der Waals surface area contributed by atoms with Crippen LogP contribution in [0.2, 0.25) is 0 Å². The second-order valence-corrected chi connectivity index (χ2v) is 5.51. The van der Waals surface area contributed by atoms with E-state index < -0.39 is 0 Å². The van der Waals surface area contributed by atoms with Gasteiger partial charge in [0.1, 0.15) is 0 Å². The van der Waals surface area contributed by atoms with Crippen molar-refractivity contribution in [2.75, 3.05) is 6.54 Å². The molecule has 1 aromatic rings. The van der Waals surface area contributed by atoms with Gasteiger partial charge in [0.05, 0.1) is 0 Å². The second kappa shape index (κ2) is 7.88. The first kappa shape index (κ1) is 14.7. The summed E-state index contributed by atoms with van der Waals surface area (Å²) in [5.74, 6) is 0. The summed E-state index contributed by atoms with van der Waals surface area (Å²) in [6.45, 7) is 7.70. The van der Waals surface area contributed by atoms with Crippen LogP contribution in [0.5, 0.6) is 0 Å². The summed E-state index contributed by atoms with van der Waals surface area (Å²) < 4.78 is 1.22. The SMILES string of the molecule is CCCCC(NCCC)c1ccc(C)c(Br)c1. The van der Waals surface area contributed by atoms with E-state index in [9.17, 15) is 0 Å². The van der Waals surface area contributed by atoms with Crippen molar-refractivity contribution < 1.29 is 0 Å². The highest BCUT2D eigenvalue weighted by Crippen LogP contribution is 2.25. The van der Waals surface area contributed by atoms with E-state index in [1.54, 1.807) is 0 Å². The van der Waals surface area contributed by atoms with Gasteiger partial charge in [0.15, 0.2) is 0 Å². The zero-order valence-corrected chi connectivity index (χ0v) is 12.8. The van der Waals surface area contributed by atoms with Crippen LogP contribution in [0, 0.1) is 6.92 Å². The first-order valence-corrected chi connectivity index (χ1v) is 7.47. The molecule has 0 amide bonds. The van der Waals surface area contributed by atoms with Gasteiger partial charge in [0, 0.05) is 10.5 Å². The number of aryl methyl sites for hydroxylation is 1. The fourth-order valence-corrected chi connectivity index (χ4v) is 2.34. The van der Waals surface area contributed by atoms with Gasteiger partial charge in [-0.2, -0.15) is 0 Å². The molecule has 0 spiro atoms. The molecule has 0 radical (unpaired) electrons. The Balaban J connectivity index is 2.75. The maximum Gasteiger partial charge on any atom is 0.0320 e. The highest BCUT2D eigenvalue weighted by atomic mass is 79.9. The van der Waals surface area contributed by atoms with Crippen molar-refractivity contribution in [3.8, 4) is 0 Å². The maximum atomic E-state index is 3.65. The van der Waals surface area contributed by atoms with E-state index in [0.717, 1.165) is 6.54 Å². The van der Waals surface area contributed by atoms with Crippen LogP contribution in [0.1, 0.15) is 56.7 Å². The molecule has 0 heterocycles. The highest BCUT2D eigenvalue weighted by Gasteiger charge is 2.10. The first-order valence-electron chi connectivity index (χ1n) is 6.68. The van der Waals surface area contributed by atoms with Crippen LogP contribution in [0.15, 0.2) is 22.7 Å². The summed E-state index contributed by atoms with van der Waals surface area (Å²) in [5, 5.41) is 3.65. The number of halogens is 1. The summed E-state index contributed by atoms with van der Waals surface area (Å²) in [4.78, 5) is 0. The van der Waals surface area contributed by atoms with Crippen molar-refractivity contribution in [2.24, 2.45) is 0 Å². The monoisotopic (exact) mass is 297 g/mol. The standard InChI is InChI=1S/C15H24BrN/c1-4-6-7-15(17-10-5-2)13-9-8-12(3)14(16)11-13/h8-9,11,15,17H,4-7,10H2,1-3H3. The zero-order chi connectivity index (χ0) is 12.7. The Labute approximate surface area is 114 Å². The molecule has 1 nitrogen and oxygen atoms in total. The van der Waals surface area contributed by atoms with Gasteiger partial charge in [-0.25, -0.2) is 0 Å². The summed E-state index contributed by atoms with van der Waals surface area (Å²) in [6, 6.07) is 7.22. The van der Waals surface area contributed by atoms with E-state index in [4.69, 9.17) is 0 Å². The van der Waals surface area contributed by atoms with Crippen molar-refractivity contribution in [1.82, 2.24) is 5.32 Å². The van der Waals surface area contributed by atoms with Crippen molar-refractivity contribution >= 4 is 15.9 Å². The fraction of sp³-hybridized carbons (Fsp3) is 0.600. The zero-order valence-electron chi connectivity index (χ0n) is 11.2. The predicted octanol–water partition coefficient (Wildman–Crippen LogP) is 4.99. The number of unbranched alkanes of at least 4 members (excludes halogenated alkanes) is 1. The number of benzene rings is 1. The molecule has 2 heteroatoms. The molecule has 0 fully saturated rings. The van der Waals surface area contributed by atoms with Crippen LogP contribution in [0.25, 0.3) is 0 Å². The van der Waals surface area contributed by atoms with Gasteiger partial charge in [0.25, 0.3) is 0 Å². The van der Waals surface area contributed by atoms with E-state index in [2.05, 4.69) is 60.2 Å². The molecule has 0 aromatic heterocycles. The topological polar surface area (TPSA) is 12.0 Å². The lowest BCUT2D eigenvalue weighted by molar-refractivity contribution is 0.481. The van der Waals surface area contributed by atoms with Crippen molar-refractivity contribution in [2.45, 2.75) is 52.5 Å². The number of rotatable bonds is 7. The molecule has 1 atom stereocenters. The summed E-state index contributed by atoms with van der Waals surface area (Å²) in [6.07, 6.45) is 4.96. The maximum absolute atomic E-state index is 3.65. The molecule has 0 bridgehead atoms. The van der Waals surface area contributed by atoms with Crippen molar-refractivity contribution in [3.05, 3.63) is 33.8 Å². The third-order valence-corrected chi connectivity index (χ3v) is 3.94. The minimum atomic E-state index is 0.506. The smallest absolute Gasteiger partial charge is 0.0320 e. The molecule has 96 valence electrons. The number of nitrogens with one attached hydrogen (secondary N) is 1. The van der Waals surface area contributed by atoms with E-state index in [-0.39, 0.29) is 0 Å². The highest BCUT2D eigenvalue weighted by molar-refractivity contribution is 9.10. The lowest BCUT2D eigenvalue weighted by atomic mass is 10.00. The van der Waals surface area contributed by atoms with Crippen molar-refractivity contribution in [3.63, 3.8) is 0 Å². The van der Waals surface area contributed by atoms with Gasteiger partial charge in [-0.1, -0.05) is 54.8 Å². The van der Waals surface area contributed by atoms with Crippen LogP contribution in [-0.4, -0.2) is 6.54 Å². The minimum absolute atomic E-state index is 0.506. The Morgan fingerprint density at radius 3 is 2.59 bits per heavy atom. The van der Waals surface area contributed by atoms with Crippen LogP contribution in [0.4, 0.5) is 0 Å². The van der Waals surface area contributed by atoms with E-state index in [1.165, 1.54) is 41.3 Å². The lowest BCUT2D eigenvalue weighted by Crippen LogP contribution is -2.22. The first-order chi connectivity index (χ1) is 8.19. The van der Waals surface area contributed by atoms with E-state index in [1.807, 2.05) is 0 Å². The molecule has 0 aliphatic heterocycles. The molecule has 0 aliphatic rings. The Morgan fingerprint density at radius 2 is 2.00 bits per heavy atom. The second-order valence-electron chi connectivity index (χ2n) is 4.66. The number of hydrogen-bond acceptors (Lipinski definition) is 1. The average molecular weight is 298 g/mol. The Morgan fingerprint density at radius 1 is 1.24 bits per heavy atom. The van der Waals surface area contributed by atoms with Crippen LogP contribution < -0.4 is 5.32 Å². The van der Waals surface area contributed by atoms with Gasteiger partial charge in [-0.05, 0) is 43.5 Å².